The Morgan fingerprint density at radius 3 is 2.97 bits per heavy atom. The second-order valence-electron chi connectivity index (χ2n) is 7.38. The number of likely N-dealkylation sites (tertiary alicyclic amines) is 1. The fraction of sp³-hybridized carbons (Fsp3) is 0.348. The lowest BCUT2D eigenvalue weighted by Gasteiger charge is -2.24. The Balaban J connectivity index is 1.68. The monoisotopic (exact) mass is 409 g/mol. The quantitative estimate of drug-likeness (QED) is 0.675. The minimum atomic E-state index is -0.446. The van der Waals surface area contributed by atoms with Crippen LogP contribution in [0.4, 0.5) is 4.39 Å². The number of allylic oxidation sites excluding steroid dienone is 5. The lowest BCUT2D eigenvalue weighted by atomic mass is 10.0. The summed E-state index contributed by atoms with van der Waals surface area (Å²) >= 11 is 0. The number of amides is 1. The number of halogens is 1. The van der Waals surface area contributed by atoms with Crippen molar-refractivity contribution in [1.29, 1.82) is 0 Å². The molecular formula is C23H28FN5O. The molecule has 3 rings (SSSR count). The maximum atomic E-state index is 13.9. The fourth-order valence-electron chi connectivity index (χ4n) is 3.75. The molecule has 2 N–H and O–H groups in total. The first-order valence-electron chi connectivity index (χ1n) is 10.2. The van der Waals surface area contributed by atoms with Crippen LogP contribution in [-0.4, -0.2) is 38.2 Å². The number of rotatable bonds is 8. The van der Waals surface area contributed by atoms with E-state index in [1.165, 1.54) is 6.07 Å². The SMILES string of the molecule is C=CC=C(C=CC)n1cnc([C@@H]2CCCN2C(=O)C[C@H](N)Cc2ccccc2F)n1. The summed E-state index contributed by atoms with van der Waals surface area (Å²) in [6.07, 6.45) is 11.2. The van der Waals surface area contributed by atoms with E-state index in [1.807, 2.05) is 25.2 Å². The number of aromatic nitrogens is 3. The molecule has 1 aromatic carbocycles. The Labute approximate surface area is 176 Å². The van der Waals surface area contributed by atoms with Crippen molar-refractivity contribution in [3.63, 3.8) is 0 Å². The predicted octanol–water partition coefficient (Wildman–Crippen LogP) is 3.64. The van der Waals surface area contributed by atoms with Crippen molar-refractivity contribution in [2.24, 2.45) is 5.73 Å². The molecule has 0 aliphatic carbocycles. The molecule has 0 unspecified atom stereocenters. The third kappa shape index (κ3) is 5.10. The van der Waals surface area contributed by atoms with Gasteiger partial charge in [-0.1, -0.05) is 36.9 Å². The zero-order valence-corrected chi connectivity index (χ0v) is 17.2. The Kier molecular flexibility index (Phi) is 7.30. The van der Waals surface area contributed by atoms with E-state index in [0.29, 0.717) is 24.4 Å². The van der Waals surface area contributed by atoms with Crippen LogP contribution < -0.4 is 5.73 Å². The van der Waals surface area contributed by atoms with Gasteiger partial charge in [0.25, 0.3) is 0 Å². The van der Waals surface area contributed by atoms with Crippen molar-refractivity contribution in [1.82, 2.24) is 19.7 Å². The molecule has 1 fully saturated rings. The molecule has 0 radical (unpaired) electrons. The summed E-state index contributed by atoms with van der Waals surface area (Å²) in [7, 11) is 0. The van der Waals surface area contributed by atoms with Crippen LogP contribution >= 0.6 is 0 Å². The standard InChI is InChI=1S/C23H28FN5O/c1-3-8-19(9-4-2)29-16-26-23(27-29)21-12-7-13-28(21)22(30)15-18(25)14-17-10-5-6-11-20(17)24/h3-6,8-11,16,18,21H,1,7,12-15,25H2,2H3/t18-,21+/m1/s1. The van der Waals surface area contributed by atoms with Gasteiger partial charge in [0, 0.05) is 19.0 Å². The van der Waals surface area contributed by atoms with Gasteiger partial charge in [-0.2, -0.15) is 0 Å². The van der Waals surface area contributed by atoms with Crippen molar-refractivity contribution in [3.05, 3.63) is 78.7 Å². The first-order valence-corrected chi connectivity index (χ1v) is 10.2. The molecule has 1 aliphatic rings. The van der Waals surface area contributed by atoms with Gasteiger partial charge in [0.05, 0.1) is 11.7 Å². The van der Waals surface area contributed by atoms with Gasteiger partial charge >= 0.3 is 0 Å². The number of carbonyl (C=O) groups excluding carboxylic acids is 1. The highest BCUT2D eigenvalue weighted by molar-refractivity contribution is 5.77. The van der Waals surface area contributed by atoms with E-state index in [2.05, 4.69) is 16.7 Å². The smallest absolute Gasteiger partial charge is 0.224 e. The van der Waals surface area contributed by atoms with Crippen molar-refractivity contribution in [3.8, 4) is 0 Å². The minimum Gasteiger partial charge on any atom is -0.332 e. The van der Waals surface area contributed by atoms with Crippen molar-refractivity contribution >= 4 is 11.6 Å². The van der Waals surface area contributed by atoms with Gasteiger partial charge in [-0.05, 0) is 50.0 Å². The summed E-state index contributed by atoms with van der Waals surface area (Å²) in [5.41, 5.74) is 7.53. The van der Waals surface area contributed by atoms with Crippen molar-refractivity contribution < 1.29 is 9.18 Å². The third-order valence-electron chi connectivity index (χ3n) is 5.15. The highest BCUT2D eigenvalue weighted by Crippen LogP contribution is 2.30. The number of nitrogens with zero attached hydrogens (tertiary/aromatic N) is 4. The molecule has 0 saturated carbocycles. The molecule has 7 heteroatoms. The van der Waals surface area contributed by atoms with Crippen LogP contribution in [0.3, 0.4) is 0 Å². The highest BCUT2D eigenvalue weighted by atomic mass is 19.1. The first-order chi connectivity index (χ1) is 14.5. The Morgan fingerprint density at radius 1 is 1.43 bits per heavy atom. The summed E-state index contributed by atoms with van der Waals surface area (Å²) in [5, 5.41) is 4.58. The molecule has 1 aromatic heterocycles. The lowest BCUT2D eigenvalue weighted by Crippen LogP contribution is -2.36. The average molecular weight is 410 g/mol. The van der Waals surface area contributed by atoms with E-state index in [4.69, 9.17) is 5.73 Å². The number of nitrogens with two attached hydrogens (primary N) is 1. The maximum Gasteiger partial charge on any atom is 0.224 e. The van der Waals surface area contributed by atoms with Crippen molar-refractivity contribution in [2.75, 3.05) is 6.54 Å². The summed E-state index contributed by atoms with van der Waals surface area (Å²) < 4.78 is 15.5. The molecule has 1 saturated heterocycles. The van der Waals surface area contributed by atoms with Gasteiger partial charge in [-0.15, -0.1) is 5.10 Å². The molecule has 1 aliphatic heterocycles. The molecule has 0 bridgehead atoms. The third-order valence-corrected chi connectivity index (χ3v) is 5.15. The molecule has 2 aromatic rings. The topological polar surface area (TPSA) is 77.0 Å². The molecule has 6 nitrogen and oxygen atoms in total. The number of hydrogen-bond acceptors (Lipinski definition) is 4. The van der Waals surface area contributed by atoms with Crippen LogP contribution in [0.25, 0.3) is 5.70 Å². The van der Waals surface area contributed by atoms with E-state index in [1.54, 1.807) is 40.2 Å². The summed E-state index contributed by atoms with van der Waals surface area (Å²) in [4.78, 5) is 19.2. The van der Waals surface area contributed by atoms with Crippen LogP contribution in [0.1, 0.15) is 43.6 Å². The number of benzene rings is 1. The van der Waals surface area contributed by atoms with Crippen LogP contribution in [-0.2, 0) is 11.2 Å². The Morgan fingerprint density at radius 2 is 2.23 bits per heavy atom. The average Bonchev–Trinajstić information content (AvgIpc) is 3.39. The van der Waals surface area contributed by atoms with E-state index in [0.717, 1.165) is 18.5 Å². The lowest BCUT2D eigenvalue weighted by molar-refractivity contribution is -0.132. The molecule has 158 valence electrons. The molecule has 2 heterocycles. The van der Waals surface area contributed by atoms with Gasteiger partial charge in [0.15, 0.2) is 5.82 Å². The van der Waals surface area contributed by atoms with Gasteiger partial charge in [0.1, 0.15) is 12.1 Å². The largest absolute Gasteiger partial charge is 0.332 e. The summed E-state index contributed by atoms with van der Waals surface area (Å²) in [6, 6.07) is 5.91. The van der Waals surface area contributed by atoms with Crippen LogP contribution in [0.15, 0.2) is 61.5 Å². The summed E-state index contributed by atoms with van der Waals surface area (Å²) in [6.45, 7) is 6.31. The van der Waals surface area contributed by atoms with E-state index in [-0.39, 0.29) is 24.2 Å². The minimum absolute atomic E-state index is 0.0481. The zero-order valence-electron chi connectivity index (χ0n) is 17.2. The number of carbonyl (C=O) groups is 1. The van der Waals surface area contributed by atoms with Gasteiger partial charge in [0.2, 0.25) is 5.91 Å². The van der Waals surface area contributed by atoms with Gasteiger partial charge in [-0.25, -0.2) is 14.1 Å². The van der Waals surface area contributed by atoms with E-state index >= 15 is 0 Å². The normalized spacial score (nSPS) is 18.2. The molecular weight excluding hydrogens is 381 g/mol. The molecule has 0 spiro atoms. The van der Waals surface area contributed by atoms with Gasteiger partial charge < -0.3 is 10.6 Å². The molecule has 1 amide bonds. The molecule has 30 heavy (non-hydrogen) atoms. The van der Waals surface area contributed by atoms with Crippen molar-refractivity contribution in [2.45, 2.75) is 44.7 Å². The van der Waals surface area contributed by atoms with E-state index in [9.17, 15) is 9.18 Å². The zero-order chi connectivity index (χ0) is 21.5. The maximum absolute atomic E-state index is 13.9. The van der Waals surface area contributed by atoms with Gasteiger partial charge in [-0.3, -0.25) is 4.79 Å². The second kappa shape index (κ2) is 10.1. The highest BCUT2D eigenvalue weighted by Gasteiger charge is 2.33. The second-order valence-corrected chi connectivity index (χ2v) is 7.38. The van der Waals surface area contributed by atoms with Crippen LogP contribution in [0, 0.1) is 5.82 Å². The Hall–Kier alpha value is -3.06. The van der Waals surface area contributed by atoms with Crippen LogP contribution in [0.5, 0.6) is 0 Å². The Bertz CT molecular complexity index is 949. The van der Waals surface area contributed by atoms with E-state index < -0.39 is 6.04 Å². The molecule has 2 atom stereocenters. The predicted molar refractivity (Wildman–Crippen MR) is 116 cm³/mol. The van der Waals surface area contributed by atoms with Crippen LogP contribution in [0.2, 0.25) is 0 Å². The fourth-order valence-corrected chi connectivity index (χ4v) is 3.75. The number of hydrogen-bond donors (Lipinski definition) is 1. The summed E-state index contributed by atoms with van der Waals surface area (Å²) in [5.74, 6) is 0.273. The first kappa shape index (κ1) is 21.6.